The molecule has 0 amide bonds. The molecule has 0 aliphatic heterocycles. The average molecular weight is 518 g/mol. The summed E-state index contributed by atoms with van der Waals surface area (Å²) in [4.78, 5) is 11.7. The number of rotatable bonds is 4. The molecule has 1 aliphatic rings. The van der Waals surface area contributed by atoms with Crippen molar-refractivity contribution in [2.45, 2.75) is 43.3 Å². The normalized spacial score (nSPS) is 15.6. The van der Waals surface area contributed by atoms with Crippen LogP contribution in [-0.4, -0.2) is 21.6 Å². The average Bonchev–Trinajstić information content (AvgIpc) is 3.64. The van der Waals surface area contributed by atoms with Crippen molar-refractivity contribution in [2.24, 2.45) is 0 Å². The Morgan fingerprint density at radius 3 is 2.00 bits per heavy atom. The van der Waals surface area contributed by atoms with Gasteiger partial charge in [-0.15, -0.1) is 12.1 Å². The van der Waals surface area contributed by atoms with Crippen LogP contribution in [0.1, 0.15) is 59.2 Å². The van der Waals surface area contributed by atoms with Gasteiger partial charge in [-0.1, -0.05) is 90.1 Å². The minimum Gasteiger partial charge on any atom is -0.747 e. The molecule has 1 aliphatic carbocycles. The van der Waals surface area contributed by atoms with E-state index in [1.807, 2.05) is 109 Å². The molecule has 4 aromatic carbocycles. The Bertz CT molecular complexity index is 1240. The Morgan fingerprint density at radius 1 is 0.861 bits per heavy atom. The number of benzene rings is 2. The molecule has 0 radical (unpaired) electrons. The molecule has 36 heavy (non-hydrogen) atoms. The second kappa shape index (κ2) is 12.7. The molecule has 1 fully saturated rings. The molecule has 1 unspecified atom stereocenters. The van der Waals surface area contributed by atoms with Gasteiger partial charge in [0.1, 0.15) is 11.4 Å². The van der Waals surface area contributed by atoms with E-state index in [0.29, 0.717) is 12.8 Å². The van der Waals surface area contributed by atoms with E-state index in [4.69, 9.17) is 0 Å². The zero-order valence-corrected chi connectivity index (χ0v) is 21.2. The predicted octanol–water partition coefficient (Wildman–Crippen LogP) is 5.97. The van der Waals surface area contributed by atoms with Crippen LogP contribution in [0.2, 0.25) is 0 Å². The molecule has 1 atom stereocenters. The number of carbonyl (C=O) groups excluding carboxylic acids is 1. The standard InChI is InChI=1S/C20H21O2.C12H9O.Fe/c21-19(13-7-2-8-14-19)15-16-20(22,18-11-5-6-12-18)17-9-3-1-4-10-17;13-12(11-8-4-5-9-11)10-6-2-1-3-7-10;/h1,3-6,9-12,21-22H,2,7-8,13-14H2;1-9H;/q-5;-1;. The SMILES string of the molecule is O=C(c1ccccc1)[c-]1cccc1.OC1(C#CC(O)(c2ccccc2)[c-]2[cH-][cH-][cH-][cH-]2)CCCCC1.[Fe]. The van der Waals surface area contributed by atoms with Crippen LogP contribution in [0.4, 0.5) is 0 Å². The largest absolute Gasteiger partial charge is 0.747 e. The van der Waals surface area contributed by atoms with Crippen molar-refractivity contribution in [3.8, 4) is 11.8 Å². The van der Waals surface area contributed by atoms with Crippen molar-refractivity contribution in [3.63, 3.8) is 0 Å². The van der Waals surface area contributed by atoms with Crippen LogP contribution in [0, 0.1) is 11.8 Å². The molecule has 1 saturated carbocycles. The fourth-order valence-electron chi connectivity index (χ4n) is 4.36. The molecular weight excluding hydrogens is 488 g/mol. The number of hydrogen-bond donors (Lipinski definition) is 2. The number of hydrogen-bond acceptors (Lipinski definition) is 3. The molecule has 3 nitrogen and oxygen atoms in total. The first kappa shape index (κ1) is 27.4. The molecule has 2 N–H and O–H groups in total. The molecule has 4 heteroatoms. The van der Waals surface area contributed by atoms with E-state index in [9.17, 15) is 15.0 Å². The summed E-state index contributed by atoms with van der Waals surface area (Å²) in [5, 5.41) is 21.8. The van der Waals surface area contributed by atoms with Crippen LogP contribution < -0.4 is 0 Å². The first-order chi connectivity index (χ1) is 17.0. The summed E-state index contributed by atoms with van der Waals surface area (Å²) in [6, 6.07) is 33.6. The zero-order valence-electron chi connectivity index (χ0n) is 20.1. The predicted molar refractivity (Wildman–Crippen MR) is 139 cm³/mol. The molecule has 0 aromatic heterocycles. The van der Waals surface area contributed by atoms with Gasteiger partial charge >= 0.3 is 0 Å². The van der Waals surface area contributed by atoms with Gasteiger partial charge in [-0.05, 0) is 36.8 Å². The summed E-state index contributed by atoms with van der Waals surface area (Å²) in [6.07, 6.45) is 4.50. The molecule has 0 saturated heterocycles. The van der Waals surface area contributed by atoms with Gasteiger partial charge in [-0.2, -0.15) is 12.1 Å². The molecule has 5 rings (SSSR count). The van der Waals surface area contributed by atoms with Crippen molar-refractivity contribution in [1.29, 1.82) is 0 Å². The van der Waals surface area contributed by atoms with Crippen LogP contribution in [0.25, 0.3) is 0 Å². The molecule has 0 spiro atoms. The fraction of sp³-hybridized carbons (Fsp3) is 0.219. The monoisotopic (exact) mass is 518 g/mol. The van der Waals surface area contributed by atoms with Crippen molar-refractivity contribution in [3.05, 3.63) is 131 Å². The van der Waals surface area contributed by atoms with E-state index in [1.54, 1.807) is 0 Å². The van der Waals surface area contributed by atoms with Crippen LogP contribution in [0.3, 0.4) is 0 Å². The van der Waals surface area contributed by atoms with Gasteiger partial charge in [0.25, 0.3) is 0 Å². The van der Waals surface area contributed by atoms with Gasteiger partial charge < -0.3 is 44.8 Å². The molecular formula is C32H30FeO3-6. The molecule has 4 aromatic rings. The van der Waals surface area contributed by atoms with E-state index in [0.717, 1.165) is 41.5 Å². The zero-order chi connectivity index (χ0) is 24.6. The Balaban J connectivity index is 0.000000221. The van der Waals surface area contributed by atoms with Crippen molar-refractivity contribution in [2.75, 3.05) is 0 Å². The fourth-order valence-corrected chi connectivity index (χ4v) is 4.36. The number of ketones is 1. The number of carbonyl (C=O) groups is 1. The summed E-state index contributed by atoms with van der Waals surface area (Å²) in [5.74, 6) is 6.05. The molecule has 190 valence electrons. The Morgan fingerprint density at radius 2 is 1.42 bits per heavy atom. The molecule has 0 heterocycles. The van der Waals surface area contributed by atoms with Crippen LogP contribution in [0.5, 0.6) is 0 Å². The summed E-state index contributed by atoms with van der Waals surface area (Å²) in [6.45, 7) is 0. The second-order valence-corrected chi connectivity index (χ2v) is 8.96. The van der Waals surface area contributed by atoms with E-state index >= 15 is 0 Å². The van der Waals surface area contributed by atoms with Crippen LogP contribution in [-0.2, 0) is 22.7 Å². The maximum Gasteiger partial charge on any atom is 0.125 e. The van der Waals surface area contributed by atoms with Gasteiger partial charge in [0.05, 0.1) is 0 Å². The van der Waals surface area contributed by atoms with Gasteiger partial charge in [-0.25, -0.2) is 0 Å². The third kappa shape index (κ3) is 6.72. The summed E-state index contributed by atoms with van der Waals surface area (Å²) in [5.41, 5.74) is 0.629. The summed E-state index contributed by atoms with van der Waals surface area (Å²) in [7, 11) is 0. The quantitative estimate of drug-likeness (QED) is 0.151. The minimum atomic E-state index is -1.38. The second-order valence-electron chi connectivity index (χ2n) is 8.96. The minimum absolute atomic E-state index is 0. The van der Waals surface area contributed by atoms with Crippen molar-refractivity contribution < 1.29 is 32.1 Å². The Labute approximate surface area is 224 Å². The smallest absolute Gasteiger partial charge is 0.125 e. The maximum absolute atomic E-state index is 11.7. The summed E-state index contributed by atoms with van der Waals surface area (Å²) >= 11 is 0. The van der Waals surface area contributed by atoms with E-state index in [2.05, 4.69) is 11.8 Å². The van der Waals surface area contributed by atoms with Crippen LogP contribution >= 0.6 is 0 Å². The maximum atomic E-state index is 11.7. The molecule has 0 bridgehead atoms. The first-order valence-electron chi connectivity index (χ1n) is 12.1. The van der Waals surface area contributed by atoms with Crippen LogP contribution in [0.15, 0.2) is 109 Å². The van der Waals surface area contributed by atoms with Gasteiger partial charge in [0.2, 0.25) is 0 Å². The Hall–Kier alpha value is -3.19. The Kier molecular flexibility index (Phi) is 9.65. The topological polar surface area (TPSA) is 57.5 Å². The van der Waals surface area contributed by atoms with Crippen molar-refractivity contribution >= 4 is 5.78 Å². The van der Waals surface area contributed by atoms with Crippen molar-refractivity contribution in [1.82, 2.24) is 0 Å². The third-order valence-corrected chi connectivity index (χ3v) is 6.39. The first-order valence-corrected chi connectivity index (χ1v) is 12.1. The third-order valence-electron chi connectivity index (χ3n) is 6.39. The number of aliphatic hydroxyl groups is 2. The van der Waals surface area contributed by atoms with Gasteiger partial charge in [0, 0.05) is 17.1 Å². The van der Waals surface area contributed by atoms with E-state index in [1.165, 1.54) is 0 Å². The van der Waals surface area contributed by atoms with E-state index < -0.39 is 11.2 Å². The van der Waals surface area contributed by atoms with Gasteiger partial charge in [-0.3, -0.25) is 0 Å². The summed E-state index contributed by atoms with van der Waals surface area (Å²) < 4.78 is 0. The van der Waals surface area contributed by atoms with Gasteiger partial charge in [0.15, 0.2) is 0 Å². The van der Waals surface area contributed by atoms with E-state index in [-0.39, 0.29) is 22.9 Å².